The molecule has 0 atom stereocenters. The van der Waals surface area contributed by atoms with E-state index in [2.05, 4.69) is 56.4 Å². The van der Waals surface area contributed by atoms with E-state index in [0.717, 1.165) is 48.3 Å². The second kappa shape index (κ2) is 8.43. The Balaban J connectivity index is 1.36. The Bertz CT molecular complexity index is 1300. The van der Waals surface area contributed by atoms with E-state index in [1.807, 2.05) is 30.3 Å². The number of nitrogens with zero attached hydrogens (tertiary/aromatic N) is 4. The first-order valence-corrected chi connectivity index (χ1v) is 10.8. The minimum Gasteiger partial charge on any atom is -0.368 e. The van der Waals surface area contributed by atoms with Crippen LogP contribution in [0, 0.1) is 0 Å². The minimum atomic E-state index is -0.140. The van der Waals surface area contributed by atoms with Gasteiger partial charge in [0.1, 0.15) is 5.82 Å². The van der Waals surface area contributed by atoms with Crippen molar-refractivity contribution >= 4 is 39.3 Å². The van der Waals surface area contributed by atoms with E-state index in [4.69, 9.17) is 5.73 Å². The zero-order chi connectivity index (χ0) is 22.1. The van der Waals surface area contributed by atoms with E-state index in [-0.39, 0.29) is 11.9 Å². The molecule has 3 N–H and O–H groups in total. The van der Waals surface area contributed by atoms with Gasteiger partial charge in [-0.1, -0.05) is 36.4 Å². The van der Waals surface area contributed by atoms with Crippen molar-refractivity contribution in [2.45, 2.75) is 6.54 Å². The highest BCUT2D eigenvalue weighted by molar-refractivity contribution is 6.00. The molecule has 1 aliphatic heterocycles. The van der Waals surface area contributed by atoms with Gasteiger partial charge in [0.05, 0.1) is 5.52 Å². The van der Waals surface area contributed by atoms with E-state index in [0.29, 0.717) is 17.6 Å². The highest BCUT2D eigenvalue weighted by Gasteiger charge is 2.19. The number of likely N-dealkylation sites (N-methyl/N-ethyl adjacent to an activating group) is 1. The molecule has 32 heavy (non-hydrogen) atoms. The van der Waals surface area contributed by atoms with E-state index < -0.39 is 0 Å². The van der Waals surface area contributed by atoms with Crippen LogP contribution in [0.3, 0.4) is 0 Å². The van der Waals surface area contributed by atoms with Gasteiger partial charge in [-0.3, -0.25) is 4.79 Å². The number of hydrogen-bond donors (Lipinski definition) is 2. The number of carbonyl (C=O) groups excluding carboxylic acids is 1. The summed E-state index contributed by atoms with van der Waals surface area (Å²) in [5.41, 5.74) is 8.30. The number of rotatable bonds is 4. The normalized spacial score (nSPS) is 14.7. The van der Waals surface area contributed by atoms with Crippen molar-refractivity contribution in [2.24, 2.45) is 0 Å². The van der Waals surface area contributed by atoms with Crippen LogP contribution in [0.25, 0.3) is 21.7 Å². The van der Waals surface area contributed by atoms with Crippen molar-refractivity contribution in [3.8, 4) is 0 Å². The molecular weight excluding hydrogens is 400 g/mol. The molecular formula is C25H26N6O. The number of carbonyl (C=O) groups is 1. The summed E-state index contributed by atoms with van der Waals surface area (Å²) in [7, 11) is 2.12. The van der Waals surface area contributed by atoms with Gasteiger partial charge in [0.15, 0.2) is 0 Å². The van der Waals surface area contributed by atoms with Gasteiger partial charge in [-0.15, -0.1) is 0 Å². The third-order valence-electron chi connectivity index (χ3n) is 6.03. The zero-order valence-corrected chi connectivity index (χ0v) is 18.1. The molecule has 7 heteroatoms. The molecule has 1 aliphatic rings. The Morgan fingerprint density at radius 1 is 0.969 bits per heavy atom. The monoisotopic (exact) mass is 426 g/mol. The first kappa shape index (κ1) is 20.2. The summed E-state index contributed by atoms with van der Waals surface area (Å²) in [6, 6.07) is 20.0. The van der Waals surface area contributed by atoms with Crippen molar-refractivity contribution in [3.05, 3.63) is 71.8 Å². The van der Waals surface area contributed by atoms with E-state index in [1.54, 1.807) is 6.07 Å². The molecule has 1 aromatic heterocycles. The Hall–Kier alpha value is -3.71. The summed E-state index contributed by atoms with van der Waals surface area (Å²) in [5, 5.41) is 6.27. The van der Waals surface area contributed by atoms with Crippen LogP contribution in [0.5, 0.6) is 0 Å². The second-order valence-corrected chi connectivity index (χ2v) is 8.29. The first-order valence-electron chi connectivity index (χ1n) is 10.8. The molecule has 2 heterocycles. The molecule has 5 rings (SSSR count). The fourth-order valence-corrected chi connectivity index (χ4v) is 4.16. The van der Waals surface area contributed by atoms with Gasteiger partial charge in [0.25, 0.3) is 5.91 Å². The predicted octanol–water partition coefficient (Wildman–Crippen LogP) is 3.05. The van der Waals surface area contributed by atoms with Crippen molar-refractivity contribution in [3.63, 3.8) is 0 Å². The second-order valence-electron chi connectivity index (χ2n) is 8.29. The van der Waals surface area contributed by atoms with Crippen molar-refractivity contribution in [1.82, 2.24) is 20.2 Å². The predicted molar refractivity (Wildman–Crippen MR) is 129 cm³/mol. The van der Waals surface area contributed by atoms with E-state index in [1.165, 1.54) is 5.39 Å². The van der Waals surface area contributed by atoms with Gasteiger partial charge >= 0.3 is 0 Å². The average Bonchev–Trinajstić information content (AvgIpc) is 2.82. The molecule has 0 radical (unpaired) electrons. The highest BCUT2D eigenvalue weighted by atomic mass is 16.1. The Labute approximate surface area is 186 Å². The lowest BCUT2D eigenvalue weighted by Gasteiger charge is -2.33. The number of amides is 1. The molecule has 1 fully saturated rings. The van der Waals surface area contributed by atoms with Crippen LogP contribution in [-0.2, 0) is 6.54 Å². The summed E-state index contributed by atoms with van der Waals surface area (Å²) < 4.78 is 0. The number of benzene rings is 3. The summed E-state index contributed by atoms with van der Waals surface area (Å²) in [6.45, 7) is 4.17. The van der Waals surface area contributed by atoms with Gasteiger partial charge in [0.2, 0.25) is 5.95 Å². The fourth-order valence-electron chi connectivity index (χ4n) is 4.16. The summed E-state index contributed by atoms with van der Waals surface area (Å²) >= 11 is 0. The number of piperazine rings is 1. The zero-order valence-electron chi connectivity index (χ0n) is 18.1. The lowest BCUT2D eigenvalue weighted by atomic mass is 10.1. The molecule has 0 bridgehead atoms. The number of nitrogen functional groups attached to an aromatic ring is 1. The highest BCUT2D eigenvalue weighted by Crippen LogP contribution is 2.26. The SMILES string of the molecule is CN1CCN(c2nc(N)nc3cc(C(=O)NCc4ccc5ccccc5c4)ccc23)CC1. The van der Waals surface area contributed by atoms with Crippen LogP contribution < -0.4 is 16.0 Å². The van der Waals surface area contributed by atoms with Crippen LogP contribution in [0.15, 0.2) is 60.7 Å². The number of nitrogens with one attached hydrogen (secondary N) is 1. The van der Waals surface area contributed by atoms with Crippen molar-refractivity contribution in [1.29, 1.82) is 0 Å². The molecule has 0 saturated carbocycles. The smallest absolute Gasteiger partial charge is 0.251 e. The largest absolute Gasteiger partial charge is 0.368 e. The third kappa shape index (κ3) is 4.07. The van der Waals surface area contributed by atoms with Crippen LogP contribution in [0.2, 0.25) is 0 Å². The Morgan fingerprint density at radius 3 is 2.56 bits per heavy atom. The quantitative estimate of drug-likeness (QED) is 0.522. The Morgan fingerprint density at radius 2 is 1.75 bits per heavy atom. The third-order valence-corrected chi connectivity index (χ3v) is 6.03. The van der Waals surface area contributed by atoms with Crippen molar-refractivity contribution < 1.29 is 4.79 Å². The van der Waals surface area contributed by atoms with Gasteiger partial charge < -0.3 is 20.9 Å². The number of nitrogens with two attached hydrogens (primary N) is 1. The van der Waals surface area contributed by atoms with E-state index in [9.17, 15) is 4.79 Å². The molecule has 3 aromatic carbocycles. The van der Waals surface area contributed by atoms with Crippen LogP contribution in [-0.4, -0.2) is 54.0 Å². The molecule has 0 aliphatic carbocycles. The maximum Gasteiger partial charge on any atom is 0.251 e. The maximum absolute atomic E-state index is 12.8. The van der Waals surface area contributed by atoms with Gasteiger partial charge in [0, 0.05) is 43.7 Å². The average molecular weight is 427 g/mol. The number of hydrogen-bond acceptors (Lipinski definition) is 6. The standard InChI is InChI=1S/C25H26N6O/c1-30-10-12-31(13-11-30)23-21-9-8-20(15-22(21)28-25(26)29-23)24(32)27-16-17-6-7-18-4-2-3-5-19(18)14-17/h2-9,14-15H,10-13,16H2,1H3,(H,27,32)(H2,26,28,29). The maximum atomic E-state index is 12.8. The molecule has 4 aromatic rings. The molecule has 0 spiro atoms. The minimum absolute atomic E-state index is 0.140. The number of aromatic nitrogens is 2. The molecule has 0 unspecified atom stereocenters. The molecule has 1 saturated heterocycles. The van der Waals surface area contributed by atoms with E-state index >= 15 is 0 Å². The van der Waals surface area contributed by atoms with Gasteiger partial charge in [-0.2, -0.15) is 4.98 Å². The summed E-state index contributed by atoms with van der Waals surface area (Å²) in [4.78, 5) is 26.3. The number of anilines is 2. The van der Waals surface area contributed by atoms with Crippen LogP contribution in [0.1, 0.15) is 15.9 Å². The fraction of sp³-hybridized carbons (Fsp3) is 0.240. The van der Waals surface area contributed by atoms with Crippen LogP contribution >= 0.6 is 0 Å². The summed E-state index contributed by atoms with van der Waals surface area (Å²) in [6.07, 6.45) is 0. The van der Waals surface area contributed by atoms with Crippen LogP contribution in [0.4, 0.5) is 11.8 Å². The lowest BCUT2D eigenvalue weighted by molar-refractivity contribution is 0.0951. The first-order chi connectivity index (χ1) is 15.6. The summed E-state index contributed by atoms with van der Waals surface area (Å²) in [5.74, 6) is 0.919. The topological polar surface area (TPSA) is 87.4 Å². The molecule has 7 nitrogen and oxygen atoms in total. The molecule has 162 valence electrons. The molecule has 1 amide bonds. The number of fused-ring (bicyclic) bond motifs is 2. The van der Waals surface area contributed by atoms with Crippen molar-refractivity contribution in [2.75, 3.05) is 43.9 Å². The Kier molecular flexibility index (Phi) is 5.33. The van der Waals surface area contributed by atoms with Gasteiger partial charge in [-0.25, -0.2) is 4.98 Å². The van der Waals surface area contributed by atoms with Gasteiger partial charge in [-0.05, 0) is 47.6 Å². The lowest BCUT2D eigenvalue weighted by Crippen LogP contribution is -2.45.